The van der Waals surface area contributed by atoms with Crippen molar-refractivity contribution < 1.29 is 13.2 Å². The van der Waals surface area contributed by atoms with E-state index < -0.39 is 10.0 Å². The van der Waals surface area contributed by atoms with Gasteiger partial charge in [-0.25, -0.2) is 8.42 Å². The van der Waals surface area contributed by atoms with E-state index in [4.69, 9.17) is 4.74 Å². The summed E-state index contributed by atoms with van der Waals surface area (Å²) in [5.74, 6) is 0.659. The number of hydrogen-bond acceptors (Lipinski definition) is 4. The predicted octanol–water partition coefficient (Wildman–Crippen LogP) is 3.42. The summed E-state index contributed by atoms with van der Waals surface area (Å²) >= 11 is 0. The number of aryl methyl sites for hydroxylation is 3. The summed E-state index contributed by atoms with van der Waals surface area (Å²) in [6, 6.07) is 13.5. The molecule has 7 heteroatoms. The zero-order valence-corrected chi connectivity index (χ0v) is 15.7. The molecule has 0 bridgehead atoms. The Hall–Kier alpha value is -2.80. The molecule has 3 aromatic rings. The Morgan fingerprint density at radius 1 is 1.04 bits per heavy atom. The number of nitrogens with zero attached hydrogens (tertiary/aromatic N) is 2. The quantitative estimate of drug-likeness (QED) is 0.721. The number of aromatic nitrogens is 2. The Bertz CT molecular complexity index is 992. The molecule has 6 nitrogen and oxygen atoms in total. The normalized spacial score (nSPS) is 11.3. The molecule has 3 rings (SSSR count). The Balaban J connectivity index is 1.65. The molecule has 0 amide bonds. The standard InChI is InChI=1S/C19H21N3O3S/c1-14-4-10-19(11-5-14)26(23,24)21-17-6-8-18(9-7-17)25-13-16-12-22(3)20-15(16)2/h4-12,21H,13H2,1-3H3. The maximum absolute atomic E-state index is 12.4. The van der Waals surface area contributed by atoms with Crippen LogP contribution in [0.2, 0.25) is 0 Å². The van der Waals surface area contributed by atoms with Crippen LogP contribution in [0.5, 0.6) is 5.75 Å². The minimum Gasteiger partial charge on any atom is -0.489 e. The highest BCUT2D eigenvalue weighted by molar-refractivity contribution is 7.92. The fourth-order valence-corrected chi connectivity index (χ4v) is 3.56. The number of sulfonamides is 1. The van der Waals surface area contributed by atoms with Gasteiger partial charge in [0, 0.05) is 24.5 Å². The summed E-state index contributed by atoms with van der Waals surface area (Å²) < 4.78 is 34.8. The Morgan fingerprint density at radius 3 is 2.27 bits per heavy atom. The first-order valence-corrected chi connectivity index (χ1v) is 9.63. The number of anilines is 1. The fourth-order valence-electron chi connectivity index (χ4n) is 2.50. The smallest absolute Gasteiger partial charge is 0.261 e. The van der Waals surface area contributed by atoms with E-state index in [0.29, 0.717) is 18.0 Å². The minimum atomic E-state index is -3.60. The van der Waals surface area contributed by atoms with Crippen molar-refractivity contribution in [3.05, 3.63) is 71.5 Å². The first-order valence-electron chi connectivity index (χ1n) is 8.15. The lowest BCUT2D eigenvalue weighted by Crippen LogP contribution is -2.12. The van der Waals surface area contributed by atoms with Gasteiger partial charge < -0.3 is 4.74 Å². The van der Waals surface area contributed by atoms with Gasteiger partial charge in [-0.2, -0.15) is 5.10 Å². The maximum Gasteiger partial charge on any atom is 0.261 e. The summed E-state index contributed by atoms with van der Waals surface area (Å²) in [5.41, 5.74) is 3.43. The van der Waals surface area contributed by atoms with Gasteiger partial charge in [-0.1, -0.05) is 17.7 Å². The van der Waals surface area contributed by atoms with Crippen LogP contribution >= 0.6 is 0 Å². The molecule has 2 aromatic carbocycles. The van der Waals surface area contributed by atoms with Gasteiger partial charge in [0.2, 0.25) is 0 Å². The zero-order valence-electron chi connectivity index (χ0n) is 14.9. The van der Waals surface area contributed by atoms with E-state index in [1.165, 1.54) is 0 Å². The van der Waals surface area contributed by atoms with Gasteiger partial charge in [-0.15, -0.1) is 0 Å². The summed E-state index contributed by atoms with van der Waals surface area (Å²) in [5, 5.41) is 4.27. The van der Waals surface area contributed by atoms with Crippen LogP contribution in [0.1, 0.15) is 16.8 Å². The zero-order chi connectivity index (χ0) is 18.7. The molecule has 0 aliphatic rings. The van der Waals surface area contributed by atoms with Gasteiger partial charge in [0.25, 0.3) is 10.0 Å². The third-order valence-electron chi connectivity index (χ3n) is 3.95. The van der Waals surface area contributed by atoms with Crippen molar-refractivity contribution in [1.82, 2.24) is 9.78 Å². The number of rotatable bonds is 6. The topological polar surface area (TPSA) is 73.2 Å². The Morgan fingerprint density at radius 2 is 1.69 bits per heavy atom. The van der Waals surface area contributed by atoms with Gasteiger partial charge in [0.05, 0.1) is 10.6 Å². The molecule has 26 heavy (non-hydrogen) atoms. The van der Waals surface area contributed by atoms with Gasteiger partial charge in [-0.05, 0) is 50.2 Å². The molecule has 0 unspecified atom stereocenters. The molecular formula is C19H21N3O3S. The van der Waals surface area contributed by atoms with E-state index in [1.54, 1.807) is 53.2 Å². The lowest BCUT2D eigenvalue weighted by atomic mass is 10.2. The predicted molar refractivity (Wildman–Crippen MR) is 101 cm³/mol. The van der Waals surface area contributed by atoms with Crippen LogP contribution < -0.4 is 9.46 Å². The van der Waals surface area contributed by atoms with Crippen LogP contribution in [0.15, 0.2) is 59.6 Å². The van der Waals surface area contributed by atoms with Gasteiger partial charge >= 0.3 is 0 Å². The Kier molecular flexibility index (Phi) is 4.99. The molecule has 1 aromatic heterocycles. The number of hydrogen-bond donors (Lipinski definition) is 1. The Labute approximate surface area is 153 Å². The molecule has 1 heterocycles. The molecule has 0 fully saturated rings. The number of benzene rings is 2. The fraction of sp³-hybridized carbons (Fsp3) is 0.211. The molecule has 0 aliphatic carbocycles. The molecule has 0 spiro atoms. The van der Waals surface area contributed by atoms with Crippen LogP contribution in [-0.4, -0.2) is 18.2 Å². The van der Waals surface area contributed by atoms with E-state index in [1.807, 2.05) is 27.1 Å². The van der Waals surface area contributed by atoms with Crippen molar-refractivity contribution >= 4 is 15.7 Å². The molecule has 0 atom stereocenters. The van der Waals surface area contributed by atoms with E-state index in [9.17, 15) is 8.42 Å². The van der Waals surface area contributed by atoms with E-state index in [2.05, 4.69) is 9.82 Å². The van der Waals surface area contributed by atoms with Crippen molar-refractivity contribution in [2.24, 2.45) is 7.05 Å². The third kappa shape index (κ3) is 4.23. The number of nitrogens with one attached hydrogen (secondary N) is 1. The lowest BCUT2D eigenvalue weighted by molar-refractivity contribution is 0.305. The second-order valence-electron chi connectivity index (χ2n) is 6.15. The van der Waals surface area contributed by atoms with Crippen molar-refractivity contribution in [3.8, 4) is 5.75 Å². The minimum absolute atomic E-state index is 0.232. The summed E-state index contributed by atoms with van der Waals surface area (Å²) in [4.78, 5) is 0.232. The van der Waals surface area contributed by atoms with Gasteiger partial charge in [0.15, 0.2) is 0 Å². The summed E-state index contributed by atoms with van der Waals surface area (Å²) in [7, 11) is -1.74. The molecule has 1 N–H and O–H groups in total. The second-order valence-corrected chi connectivity index (χ2v) is 7.83. The summed E-state index contributed by atoms with van der Waals surface area (Å²) in [6.07, 6.45) is 1.92. The molecule has 0 saturated heterocycles. The van der Waals surface area contributed by atoms with E-state index >= 15 is 0 Å². The molecular weight excluding hydrogens is 350 g/mol. The van der Waals surface area contributed by atoms with Crippen molar-refractivity contribution in [2.45, 2.75) is 25.3 Å². The molecule has 0 aliphatic heterocycles. The average molecular weight is 371 g/mol. The van der Waals surface area contributed by atoms with Gasteiger partial charge in [-0.3, -0.25) is 9.40 Å². The highest BCUT2D eigenvalue weighted by atomic mass is 32.2. The van der Waals surface area contributed by atoms with Crippen molar-refractivity contribution in [2.75, 3.05) is 4.72 Å². The lowest BCUT2D eigenvalue weighted by Gasteiger charge is -2.10. The monoisotopic (exact) mass is 371 g/mol. The summed E-state index contributed by atoms with van der Waals surface area (Å²) in [6.45, 7) is 4.26. The van der Waals surface area contributed by atoms with Gasteiger partial charge in [0.1, 0.15) is 12.4 Å². The molecule has 0 saturated carbocycles. The highest BCUT2D eigenvalue weighted by Gasteiger charge is 2.13. The van der Waals surface area contributed by atoms with Crippen molar-refractivity contribution in [1.29, 1.82) is 0 Å². The first kappa shape index (κ1) is 18.0. The van der Waals surface area contributed by atoms with Crippen LogP contribution in [0.4, 0.5) is 5.69 Å². The number of ether oxygens (including phenoxy) is 1. The largest absolute Gasteiger partial charge is 0.489 e. The van der Waals surface area contributed by atoms with Crippen LogP contribution in [-0.2, 0) is 23.7 Å². The average Bonchev–Trinajstić information content (AvgIpc) is 2.92. The van der Waals surface area contributed by atoms with Crippen LogP contribution in [0, 0.1) is 13.8 Å². The second kappa shape index (κ2) is 7.21. The SMILES string of the molecule is Cc1ccc(S(=O)(=O)Nc2ccc(OCc3cn(C)nc3C)cc2)cc1. The molecule has 0 radical (unpaired) electrons. The van der Waals surface area contributed by atoms with E-state index in [0.717, 1.165) is 16.8 Å². The highest BCUT2D eigenvalue weighted by Crippen LogP contribution is 2.21. The maximum atomic E-state index is 12.4. The first-order chi connectivity index (χ1) is 12.3. The van der Waals surface area contributed by atoms with Crippen molar-refractivity contribution in [3.63, 3.8) is 0 Å². The third-order valence-corrected chi connectivity index (χ3v) is 5.34. The van der Waals surface area contributed by atoms with Crippen LogP contribution in [0.25, 0.3) is 0 Å². The van der Waals surface area contributed by atoms with E-state index in [-0.39, 0.29) is 4.90 Å². The molecule has 136 valence electrons. The van der Waals surface area contributed by atoms with Crippen LogP contribution in [0.3, 0.4) is 0 Å².